The van der Waals surface area contributed by atoms with Crippen LogP contribution in [0.2, 0.25) is 0 Å². The zero-order valence-corrected chi connectivity index (χ0v) is 27.2. The zero-order chi connectivity index (χ0) is 33.3. The molecule has 0 saturated carbocycles. The van der Waals surface area contributed by atoms with Gasteiger partial charge in [0, 0.05) is 29.1 Å². The quantitative estimate of drug-likeness (QED) is 0.182. The van der Waals surface area contributed by atoms with Crippen LogP contribution in [0.1, 0.15) is 0 Å². The topological polar surface area (TPSA) is 38.7 Å². The number of rotatable bonds is 6. The fourth-order valence-electron chi connectivity index (χ4n) is 6.74. The summed E-state index contributed by atoms with van der Waals surface area (Å²) in [6, 6.07) is 62.0. The average molecular weight is 638 g/mol. The molecule has 0 radical (unpaired) electrons. The molecule has 0 aliphatic rings. The molecule has 9 rings (SSSR count). The van der Waals surface area contributed by atoms with Crippen molar-refractivity contribution in [1.82, 2.24) is 15.0 Å². The molecule has 0 amide bonds. The third-order valence-electron chi connectivity index (χ3n) is 9.39. The number of nitrogens with zero attached hydrogens (tertiary/aromatic N) is 3. The molecule has 3 heteroatoms. The second-order valence-electron chi connectivity index (χ2n) is 12.5. The summed E-state index contributed by atoms with van der Waals surface area (Å²) in [6.07, 6.45) is 3.69. The third kappa shape index (κ3) is 5.72. The van der Waals surface area contributed by atoms with Crippen molar-refractivity contribution in [3.8, 4) is 67.3 Å². The lowest BCUT2D eigenvalue weighted by molar-refractivity contribution is 1.18. The van der Waals surface area contributed by atoms with Crippen LogP contribution in [0, 0.1) is 0 Å². The van der Waals surface area contributed by atoms with Gasteiger partial charge in [-0.05, 0) is 79.2 Å². The molecule has 0 fully saturated rings. The van der Waals surface area contributed by atoms with E-state index in [4.69, 9.17) is 9.97 Å². The van der Waals surface area contributed by atoms with E-state index in [1.165, 1.54) is 38.2 Å². The van der Waals surface area contributed by atoms with Crippen molar-refractivity contribution in [2.24, 2.45) is 0 Å². The normalized spacial score (nSPS) is 11.2. The Balaban J connectivity index is 1.14. The molecule has 0 unspecified atom stereocenters. The largest absolute Gasteiger partial charge is 0.264 e. The Hall–Kier alpha value is -6.71. The maximum atomic E-state index is 5.19. The molecule has 0 aliphatic heterocycles. The average Bonchev–Trinajstić information content (AvgIpc) is 3.21. The van der Waals surface area contributed by atoms with Crippen molar-refractivity contribution in [2.75, 3.05) is 0 Å². The molecule has 3 nitrogen and oxygen atoms in total. The van der Waals surface area contributed by atoms with Crippen LogP contribution < -0.4 is 0 Å². The van der Waals surface area contributed by atoms with Crippen LogP contribution in [0.25, 0.3) is 88.8 Å². The molecular formula is C47H31N3. The predicted molar refractivity (Wildman–Crippen MR) is 207 cm³/mol. The molecule has 0 N–H and O–H groups in total. The molecule has 0 atom stereocenters. The number of hydrogen-bond acceptors (Lipinski definition) is 3. The summed E-state index contributed by atoms with van der Waals surface area (Å²) in [5, 5.41) is 4.92. The highest BCUT2D eigenvalue weighted by atomic mass is 14.9. The van der Waals surface area contributed by atoms with Crippen LogP contribution in [0.3, 0.4) is 0 Å². The molecule has 0 saturated heterocycles. The Labute approximate surface area is 291 Å². The highest BCUT2D eigenvalue weighted by Crippen LogP contribution is 2.34. The summed E-state index contributed by atoms with van der Waals surface area (Å²) in [6.45, 7) is 0. The van der Waals surface area contributed by atoms with Gasteiger partial charge in [0.15, 0.2) is 5.82 Å². The van der Waals surface area contributed by atoms with E-state index >= 15 is 0 Å². The third-order valence-corrected chi connectivity index (χ3v) is 9.39. The van der Waals surface area contributed by atoms with Gasteiger partial charge in [-0.25, -0.2) is 9.97 Å². The van der Waals surface area contributed by atoms with E-state index in [0.717, 1.165) is 44.8 Å². The molecule has 50 heavy (non-hydrogen) atoms. The van der Waals surface area contributed by atoms with Crippen LogP contribution in [-0.2, 0) is 0 Å². The molecular weight excluding hydrogens is 607 g/mol. The van der Waals surface area contributed by atoms with Crippen LogP contribution in [-0.4, -0.2) is 15.0 Å². The number of hydrogen-bond donors (Lipinski definition) is 0. The summed E-state index contributed by atoms with van der Waals surface area (Å²) < 4.78 is 0. The van der Waals surface area contributed by atoms with Gasteiger partial charge in [-0.3, -0.25) is 4.98 Å². The molecule has 0 bridgehead atoms. The highest BCUT2D eigenvalue weighted by molar-refractivity contribution is 5.97. The highest BCUT2D eigenvalue weighted by Gasteiger charge is 2.13. The summed E-state index contributed by atoms with van der Waals surface area (Å²) in [7, 11) is 0. The zero-order valence-electron chi connectivity index (χ0n) is 27.2. The van der Waals surface area contributed by atoms with E-state index in [1.807, 2.05) is 12.3 Å². The smallest absolute Gasteiger partial charge is 0.160 e. The van der Waals surface area contributed by atoms with Gasteiger partial charge in [-0.1, -0.05) is 152 Å². The number of aromatic nitrogens is 3. The van der Waals surface area contributed by atoms with Crippen molar-refractivity contribution in [2.45, 2.75) is 0 Å². The van der Waals surface area contributed by atoms with Gasteiger partial charge < -0.3 is 0 Å². The van der Waals surface area contributed by atoms with E-state index in [-0.39, 0.29) is 0 Å². The van der Waals surface area contributed by atoms with Crippen LogP contribution in [0.5, 0.6) is 0 Å². The Kier molecular flexibility index (Phi) is 7.49. The van der Waals surface area contributed by atoms with Gasteiger partial charge in [0.25, 0.3) is 0 Å². The van der Waals surface area contributed by atoms with Crippen molar-refractivity contribution >= 4 is 21.5 Å². The van der Waals surface area contributed by atoms with Gasteiger partial charge in [-0.2, -0.15) is 0 Å². The van der Waals surface area contributed by atoms with Gasteiger partial charge in [0.05, 0.1) is 11.4 Å². The first-order chi connectivity index (χ1) is 24.7. The number of fused-ring (bicyclic) bond motifs is 2. The minimum Gasteiger partial charge on any atom is -0.264 e. The lowest BCUT2D eigenvalue weighted by atomic mass is 9.96. The van der Waals surface area contributed by atoms with Gasteiger partial charge in [-0.15, -0.1) is 0 Å². The Morgan fingerprint density at radius 1 is 0.320 bits per heavy atom. The summed E-state index contributed by atoms with van der Waals surface area (Å²) in [5.74, 6) is 0.689. The molecule has 0 spiro atoms. The Morgan fingerprint density at radius 3 is 1.64 bits per heavy atom. The maximum Gasteiger partial charge on any atom is 0.160 e. The maximum absolute atomic E-state index is 5.19. The van der Waals surface area contributed by atoms with Gasteiger partial charge in [0.2, 0.25) is 0 Å². The Bertz CT molecular complexity index is 2620. The summed E-state index contributed by atoms with van der Waals surface area (Å²) >= 11 is 0. The van der Waals surface area contributed by atoms with Crippen molar-refractivity contribution in [3.63, 3.8) is 0 Å². The standard InChI is InChI=1S/C47H31N3/c1-2-10-38-28-39(26-21-32(38)8-1)33-17-22-36(23-18-33)45-30-46(37-24-19-34(20-25-37)42-14-7-27-48-31-42)50-47(49-45)41-13-5-12-40(29-41)44-16-6-11-35-9-3-4-15-43(35)44/h1-31H. The van der Waals surface area contributed by atoms with Crippen LogP contribution in [0.15, 0.2) is 188 Å². The van der Waals surface area contributed by atoms with E-state index in [2.05, 4.69) is 175 Å². The van der Waals surface area contributed by atoms with E-state index < -0.39 is 0 Å². The van der Waals surface area contributed by atoms with Crippen LogP contribution in [0.4, 0.5) is 0 Å². The Morgan fingerprint density at radius 2 is 0.900 bits per heavy atom. The van der Waals surface area contributed by atoms with E-state index in [0.29, 0.717) is 5.82 Å². The monoisotopic (exact) mass is 637 g/mol. The lowest BCUT2D eigenvalue weighted by Gasteiger charge is -2.12. The van der Waals surface area contributed by atoms with E-state index in [9.17, 15) is 0 Å². The number of pyridine rings is 1. The second kappa shape index (κ2) is 12.7. The van der Waals surface area contributed by atoms with E-state index in [1.54, 1.807) is 6.20 Å². The first kappa shape index (κ1) is 29.4. The predicted octanol–water partition coefficient (Wildman–Crippen LogP) is 12.2. The molecule has 7 aromatic carbocycles. The summed E-state index contributed by atoms with van der Waals surface area (Å²) in [4.78, 5) is 14.7. The number of benzene rings is 7. The fraction of sp³-hybridized carbons (Fsp3) is 0. The van der Waals surface area contributed by atoms with Crippen LogP contribution >= 0.6 is 0 Å². The molecule has 0 aliphatic carbocycles. The van der Waals surface area contributed by atoms with Crippen molar-refractivity contribution in [3.05, 3.63) is 188 Å². The SMILES string of the molecule is c1cncc(-c2ccc(-c3cc(-c4ccc(-c5ccc6ccccc6c5)cc4)nc(-c4cccc(-c5cccc6ccccc56)c4)n3)cc2)c1. The van der Waals surface area contributed by atoms with Crippen molar-refractivity contribution in [1.29, 1.82) is 0 Å². The first-order valence-electron chi connectivity index (χ1n) is 16.8. The molecule has 234 valence electrons. The molecule has 2 aromatic heterocycles. The minimum atomic E-state index is 0.689. The van der Waals surface area contributed by atoms with Gasteiger partial charge >= 0.3 is 0 Å². The summed E-state index contributed by atoms with van der Waals surface area (Å²) in [5.41, 5.74) is 11.7. The molecule has 9 aromatic rings. The fourth-order valence-corrected chi connectivity index (χ4v) is 6.74. The van der Waals surface area contributed by atoms with Crippen molar-refractivity contribution < 1.29 is 0 Å². The first-order valence-corrected chi connectivity index (χ1v) is 16.8. The van der Waals surface area contributed by atoms with Gasteiger partial charge in [0.1, 0.15) is 0 Å². The second-order valence-corrected chi connectivity index (χ2v) is 12.5. The molecule has 2 heterocycles. The lowest BCUT2D eigenvalue weighted by Crippen LogP contribution is -1.96. The minimum absolute atomic E-state index is 0.689.